The number of anilines is 2. The highest BCUT2D eigenvalue weighted by Crippen LogP contribution is 2.33. The molecule has 0 heterocycles. The third-order valence-electron chi connectivity index (χ3n) is 4.37. The van der Waals surface area contributed by atoms with E-state index in [2.05, 4.69) is 17.4 Å². The fourth-order valence-corrected chi connectivity index (χ4v) is 3.17. The van der Waals surface area contributed by atoms with E-state index in [9.17, 15) is 10.1 Å². The predicted octanol–water partition coefficient (Wildman–Crippen LogP) is 5.39. The minimum absolute atomic E-state index is 0.0962. The van der Waals surface area contributed by atoms with Crippen molar-refractivity contribution in [2.45, 2.75) is 38.0 Å². The molecule has 0 aromatic heterocycles. The van der Waals surface area contributed by atoms with Gasteiger partial charge in [0.1, 0.15) is 5.69 Å². The number of hydrogen-bond acceptors (Lipinski definition) is 3. The molecule has 1 aliphatic carbocycles. The molecule has 2 aromatic rings. The average Bonchev–Trinajstić information content (AvgIpc) is 2.57. The fraction of sp³-hybridized carbons (Fsp3) is 0.333. The molecular weight excluding hydrogens is 276 g/mol. The summed E-state index contributed by atoms with van der Waals surface area (Å²) in [6.07, 6.45) is 6.55. The lowest BCUT2D eigenvalue weighted by atomic mass is 9.84. The molecule has 1 aliphatic rings. The van der Waals surface area contributed by atoms with Crippen molar-refractivity contribution >= 4 is 17.1 Å². The average molecular weight is 296 g/mol. The van der Waals surface area contributed by atoms with Gasteiger partial charge in [-0.15, -0.1) is 0 Å². The lowest BCUT2D eigenvalue weighted by Gasteiger charge is -2.22. The number of nitrogens with one attached hydrogen (secondary N) is 1. The summed E-state index contributed by atoms with van der Waals surface area (Å²) in [5.74, 6) is 0.675. The van der Waals surface area contributed by atoms with E-state index in [4.69, 9.17) is 0 Å². The van der Waals surface area contributed by atoms with Crippen LogP contribution in [0.25, 0.3) is 0 Å². The van der Waals surface area contributed by atoms with Gasteiger partial charge in [0.05, 0.1) is 4.92 Å². The summed E-state index contributed by atoms with van der Waals surface area (Å²) < 4.78 is 0. The zero-order valence-corrected chi connectivity index (χ0v) is 12.5. The third-order valence-corrected chi connectivity index (χ3v) is 4.37. The van der Waals surface area contributed by atoms with Crippen LogP contribution in [0.3, 0.4) is 0 Å². The van der Waals surface area contributed by atoms with Gasteiger partial charge in [-0.1, -0.05) is 43.5 Å². The van der Waals surface area contributed by atoms with E-state index in [1.165, 1.54) is 43.7 Å². The normalized spacial score (nSPS) is 15.5. The fourth-order valence-electron chi connectivity index (χ4n) is 3.17. The van der Waals surface area contributed by atoms with Crippen LogP contribution in [-0.4, -0.2) is 4.92 Å². The van der Waals surface area contributed by atoms with Crippen LogP contribution >= 0.6 is 0 Å². The van der Waals surface area contributed by atoms with E-state index in [0.717, 1.165) is 5.69 Å². The van der Waals surface area contributed by atoms with Crippen LogP contribution < -0.4 is 5.32 Å². The standard InChI is InChI=1S/C18H20N2O2/c21-20(22)18-9-5-4-8-17(18)19-16-12-10-15(11-13-16)14-6-2-1-3-7-14/h4-5,8-14,19H,1-3,6-7H2. The molecule has 0 spiro atoms. The molecule has 4 heteroatoms. The Kier molecular flexibility index (Phi) is 4.37. The SMILES string of the molecule is O=[N+]([O-])c1ccccc1Nc1ccc(C2CCCCC2)cc1. The van der Waals surface area contributed by atoms with Gasteiger partial charge in [0, 0.05) is 11.8 Å². The first-order valence-electron chi connectivity index (χ1n) is 7.84. The Bertz CT molecular complexity index is 646. The first kappa shape index (κ1) is 14.6. The molecule has 0 radical (unpaired) electrons. The highest BCUT2D eigenvalue weighted by Gasteiger charge is 2.16. The topological polar surface area (TPSA) is 55.2 Å². The number of benzene rings is 2. The number of para-hydroxylation sites is 2. The van der Waals surface area contributed by atoms with E-state index in [-0.39, 0.29) is 10.6 Å². The van der Waals surface area contributed by atoms with Crippen molar-refractivity contribution in [1.82, 2.24) is 0 Å². The van der Waals surface area contributed by atoms with Gasteiger partial charge in [-0.25, -0.2) is 0 Å². The Balaban J connectivity index is 1.75. The first-order valence-corrected chi connectivity index (χ1v) is 7.84. The largest absolute Gasteiger partial charge is 0.350 e. The van der Waals surface area contributed by atoms with Crippen molar-refractivity contribution in [1.29, 1.82) is 0 Å². The minimum atomic E-state index is -0.362. The number of hydrogen-bond donors (Lipinski definition) is 1. The van der Waals surface area contributed by atoms with Crippen LogP contribution in [0.15, 0.2) is 48.5 Å². The molecule has 22 heavy (non-hydrogen) atoms. The summed E-state index contributed by atoms with van der Waals surface area (Å²) in [4.78, 5) is 10.7. The quantitative estimate of drug-likeness (QED) is 0.608. The lowest BCUT2D eigenvalue weighted by Crippen LogP contribution is -2.04. The third kappa shape index (κ3) is 3.27. The van der Waals surface area contributed by atoms with Crippen molar-refractivity contribution < 1.29 is 4.92 Å². The lowest BCUT2D eigenvalue weighted by molar-refractivity contribution is -0.383. The summed E-state index contributed by atoms with van der Waals surface area (Å²) in [7, 11) is 0. The molecule has 3 rings (SSSR count). The summed E-state index contributed by atoms with van der Waals surface area (Å²) in [5, 5.41) is 14.2. The smallest absolute Gasteiger partial charge is 0.292 e. The van der Waals surface area contributed by atoms with E-state index in [1.807, 2.05) is 12.1 Å². The molecule has 1 fully saturated rings. The van der Waals surface area contributed by atoms with E-state index >= 15 is 0 Å². The predicted molar refractivity (Wildman–Crippen MR) is 88.6 cm³/mol. The summed E-state index contributed by atoms with van der Waals surface area (Å²) in [5.41, 5.74) is 2.89. The summed E-state index contributed by atoms with van der Waals surface area (Å²) in [6, 6.07) is 15.0. The zero-order chi connectivity index (χ0) is 15.4. The minimum Gasteiger partial charge on any atom is -0.350 e. The van der Waals surface area contributed by atoms with Crippen molar-refractivity contribution in [3.8, 4) is 0 Å². The molecule has 114 valence electrons. The van der Waals surface area contributed by atoms with Crippen LogP contribution in [-0.2, 0) is 0 Å². The van der Waals surface area contributed by atoms with Gasteiger partial charge in [0.25, 0.3) is 5.69 Å². The second kappa shape index (κ2) is 6.60. The van der Waals surface area contributed by atoms with Gasteiger partial charge in [0.15, 0.2) is 0 Å². The van der Waals surface area contributed by atoms with Gasteiger partial charge in [-0.05, 0) is 42.5 Å². The monoisotopic (exact) mass is 296 g/mol. The molecular formula is C18H20N2O2. The molecule has 0 unspecified atom stereocenters. The summed E-state index contributed by atoms with van der Waals surface area (Å²) in [6.45, 7) is 0. The second-order valence-electron chi connectivity index (χ2n) is 5.86. The molecule has 2 aromatic carbocycles. The van der Waals surface area contributed by atoms with Gasteiger partial charge in [-0.2, -0.15) is 0 Å². The van der Waals surface area contributed by atoms with Gasteiger partial charge >= 0.3 is 0 Å². The Morgan fingerprint density at radius 1 is 0.955 bits per heavy atom. The molecule has 0 amide bonds. The molecule has 0 saturated heterocycles. The number of rotatable bonds is 4. The van der Waals surface area contributed by atoms with Crippen molar-refractivity contribution in [3.63, 3.8) is 0 Å². The van der Waals surface area contributed by atoms with Gasteiger partial charge < -0.3 is 5.32 Å². The van der Waals surface area contributed by atoms with E-state index in [1.54, 1.807) is 18.2 Å². The molecule has 4 nitrogen and oxygen atoms in total. The second-order valence-corrected chi connectivity index (χ2v) is 5.86. The maximum Gasteiger partial charge on any atom is 0.292 e. The Labute approximate surface area is 130 Å². The van der Waals surface area contributed by atoms with Crippen molar-refractivity contribution in [3.05, 3.63) is 64.2 Å². The molecule has 0 atom stereocenters. The van der Waals surface area contributed by atoms with Gasteiger partial charge in [0.2, 0.25) is 0 Å². The number of nitro groups is 1. The Morgan fingerprint density at radius 3 is 2.32 bits per heavy atom. The van der Waals surface area contributed by atoms with Crippen LogP contribution in [0.4, 0.5) is 17.1 Å². The molecule has 0 aliphatic heterocycles. The van der Waals surface area contributed by atoms with Gasteiger partial charge in [-0.3, -0.25) is 10.1 Å². The Morgan fingerprint density at radius 2 is 1.64 bits per heavy atom. The van der Waals surface area contributed by atoms with Crippen LogP contribution in [0.5, 0.6) is 0 Å². The Hall–Kier alpha value is -2.36. The zero-order valence-electron chi connectivity index (χ0n) is 12.5. The van der Waals surface area contributed by atoms with Crippen LogP contribution in [0.2, 0.25) is 0 Å². The van der Waals surface area contributed by atoms with Crippen molar-refractivity contribution in [2.75, 3.05) is 5.32 Å². The molecule has 1 saturated carbocycles. The van der Waals surface area contributed by atoms with E-state index in [0.29, 0.717) is 11.6 Å². The molecule has 0 bridgehead atoms. The van der Waals surface area contributed by atoms with Crippen LogP contribution in [0, 0.1) is 10.1 Å². The summed E-state index contributed by atoms with van der Waals surface area (Å²) >= 11 is 0. The van der Waals surface area contributed by atoms with Crippen molar-refractivity contribution in [2.24, 2.45) is 0 Å². The highest BCUT2D eigenvalue weighted by atomic mass is 16.6. The molecule has 1 N–H and O–H groups in total. The maximum atomic E-state index is 11.0. The van der Waals surface area contributed by atoms with E-state index < -0.39 is 0 Å². The first-order chi connectivity index (χ1) is 10.7. The number of nitrogens with zero attached hydrogens (tertiary/aromatic N) is 1. The number of nitro benzene ring substituents is 1. The highest BCUT2D eigenvalue weighted by molar-refractivity contribution is 5.69. The van der Waals surface area contributed by atoms with Crippen LogP contribution in [0.1, 0.15) is 43.6 Å². The maximum absolute atomic E-state index is 11.0.